The van der Waals surface area contributed by atoms with Crippen molar-refractivity contribution in [3.8, 4) is 6.07 Å². The van der Waals surface area contributed by atoms with E-state index in [1.165, 1.54) is 13.0 Å². The summed E-state index contributed by atoms with van der Waals surface area (Å²) in [5.41, 5.74) is 1.55. The number of carbonyl (C=O) groups is 1. The molecule has 0 amide bonds. The van der Waals surface area contributed by atoms with Crippen LogP contribution in [0.1, 0.15) is 18.1 Å². The van der Waals surface area contributed by atoms with Crippen molar-refractivity contribution >= 4 is 11.9 Å². The van der Waals surface area contributed by atoms with Crippen LogP contribution in [0.4, 0.5) is 0 Å². The van der Waals surface area contributed by atoms with Gasteiger partial charge in [0.15, 0.2) is 5.78 Å². The van der Waals surface area contributed by atoms with Crippen molar-refractivity contribution in [2.45, 2.75) is 6.92 Å². The van der Waals surface area contributed by atoms with Gasteiger partial charge in [-0.25, -0.2) is 0 Å². The number of carbonyl (C=O) groups excluding carboxylic acids is 1. The number of hydrogen-bond acceptors (Lipinski definition) is 2. The first-order chi connectivity index (χ1) is 6.22. The quantitative estimate of drug-likeness (QED) is 0.640. The minimum Gasteiger partial charge on any atom is -0.295 e. The summed E-state index contributed by atoms with van der Waals surface area (Å²) >= 11 is 0. The van der Waals surface area contributed by atoms with Gasteiger partial charge in [-0.05, 0) is 30.7 Å². The molecule has 0 aromatic heterocycles. The average molecular weight is 171 g/mol. The third-order valence-corrected chi connectivity index (χ3v) is 1.55. The predicted molar refractivity (Wildman–Crippen MR) is 50.9 cm³/mol. The molecule has 2 heteroatoms. The first kappa shape index (κ1) is 9.21. The van der Waals surface area contributed by atoms with Gasteiger partial charge < -0.3 is 0 Å². The van der Waals surface area contributed by atoms with Crippen molar-refractivity contribution in [2.24, 2.45) is 0 Å². The van der Waals surface area contributed by atoms with Crippen LogP contribution in [0.2, 0.25) is 0 Å². The third kappa shape index (κ3) is 2.92. The summed E-state index contributed by atoms with van der Waals surface area (Å²) in [7, 11) is 0. The van der Waals surface area contributed by atoms with Gasteiger partial charge in [0.05, 0.1) is 11.6 Å². The zero-order chi connectivity index (χ0) is 9.68. The molecule has 0 radical (unpaired) electrons. The Morgan fingerprint density at radius 3 is 2.46 bits per heavy atom. The summed E-state index contributed by atoms with van der Waals surface area (Å²) in [5, 5.41) is 8.52. The molecule has 0 bridgehead atoms. The van der Waals surface area contributed by atoms with Crippen molar-refractivity contribution < 1.29 is 4.79 Å². The van der Waals surface area contributed by atoms with Crippen LogP contribution in [0.5, 0.6) is 0 Å². The van der Waals surface area contributed by atoms with Crippen LogP contribution >= 0.6 is 0 Å². The van der Waals surface area contributed by atoms with E-state index in [9.17, 15) is 4.79 Å². The number of nitrogens with zero attached hydrogens (tertiary/aromatic N) is 1. The standard InChI is InChI=1S/C11H9NO/c1-9(13)2-3-10-4-6-11(8-12)7-5-10/h2-7H,1H3/b3-2+. The molecular formula is C11H9NO. The van der Waals surface area contributed by atoms with E-state index in [2.05, 4.69) is 0 Å². The molecule has 0 saturated carbocycles. The van der Waals surface area contributed by atoms with Gasteiger partial charge in [0.25, 0.3) is 0 Å². The largest absolute Gasteiger partial charge is 0.295 e. The molecule has 1 rings (SSSR count). The summed E-state index contributed by atoms with van der Waals surface area (Å²) in [6.45, 7) is 1.50. The Labute approximate surface area is 77.1 Å². The van der Waals surface area contributed by atoms with E-state index in [0.717, 1.165) is 5.56 Å². The normalized spacial score (nSPS) is 9.85. The number of nitriles is 1. The lowest BCUT2D eigenvalue weighted by molar-refractivity contribution is -0.112. The van der Waals surface area contributed by atoms with Crippen molar-refractivity contribution in [3.63, 3.8) is 0 Å². The molecule has 0 aliphatic carbocycles. The van der Waals surface area contributed by atoms with Gasteiger partial charge >= 0.3 is 0 Å². The summed E-state index contributed by atoms with van der Waals surface area (Å²) < 4.78 is 0. The second kappa shape index (κ2) is 4.22. The first-order valence-corrected chi connectivity index (χ1v) is 3.91. The second-order valence-corrected chi connectivity index (χ2v) is 2.68. The molecule has 1 aromatic rings. The van der Waals surface area contributed by atoms with Crippen LogP contribution < -0.4 is 0 Å². The molecule has 0 aliphatic rings. The monoisotopic (exact) mass is 171 g/mol. The molecular weight excluding hydrogens is 162 g/mol. The predicted octanol–water partition coefficient (Wildman–Crippen LogP) is 2.16. The maximum absolute atomic E-state index is 10.6. The van der Waals surface area contributed by atoms with Gasteiger partial charge in [-0.3, -0.25) is 4.79 Å². The summed E-state index contributed by atoms with van der Waals surface area (Å²) in [4.78, 5) is 10.6. The highest BCUT2D eigenvalue weighted by atomic mass is 16.1. The van der Waals surface area contributed by atoms with Crippen LogP contribution in [0.3, 0.4) is 0 Å². The maximum Gasteiger partial charge on any atom is 0.152 e. The minimum absolute atomic E-state index is 0.0179. The fraction of sp³-hybridized carbons (Fsp3) is 0.0909. The lowest BCUT2D eigenvalue weighted by atomic mass is 10.1. The Balaban J connectivity index is 2.82. The molecule has 0 N–H and O–H groups in total. The van der Waals surface area contributed by atoms with Crippen molar-refractivity contribution in [3.05, 3.63) is 41.5 Å². The number of hydrogen-bond donors (Lipinski definition) is 0. The Morgan fingerprint density at radius 2 is 2.00 bits per heavy atom. The van der Waals surface area contributed by atoms with Gasteiger partial charge in [-0.15, -0.1) is 0 Å². The second-order valence-electron chi connectivity index (χ2n) is 2.68. The molecule has 0 aliphatic heterocycles. The van der Waals surface area contributed by atoms with Crippen molar-refractivity contribution in [1.82, 2.24) is 0 Å². The number of allylic oxidation sites excluding steroid dienone is 1. The molecule has 64 valence electrons. The zero-order valence-electron chi connectivity index (χ0n) is 7.32. The Kier molecular flexibility index (Phi) is 2.99. The van der Waals surface area contributed by atoms with Crippen LogP contribution in [-0.2, 0) is 4.79 Å². The van der Waals surface area contributed by atoms with Crippen LogP contribution in [0.15, 0.2) is 30.3 Å². The fourth-order valence-corrected chi connectivity index (χ4v) is 0.882. The van der Waals surface area contributed by atoms with E-state index >= 15 is 0 Å². The van der Waals surface area contributed by atoms with Crippen molar-refractivity contribution in [2.75, 3.05) is 0 Å². The molecule has 1 aromatic carbocycles. The van der Waals surface area contributed by atoms with Gasteiger partial charge in [-0.2, -0.15) is 5.26 Å². The van der Waals surface area contributed by atoms with Gasteiger partial charge in [0.1, 0.15) is 0 Å². The Hall–Kier alpha value is -1.88. The molecule has 0 fully saturated rings. The molecule has 2 nitrogen and oxygen atoms in total. The lowest BCUT2D eigenvalue weighted by Gasteiger charge is -1.91. The smallest absolute Gasteiger partial charge is 0.152 e. The Morgan fingerprint density at radius 1 is 1.38 bits per heavy atom. The molecule has 0 atom stereocenters. The van der Waals surface area contributed by atoms with E-state index in [0.29, 0.717) is 5.56 Å². The van der Waals surface area contributed by atoms with Crippen molar-refractivity contribution in [1.29, 1.82) is 5.26 Å². The summed E-state index contributed by atoms with van der Waals surface area (Å²) in [6.07, 6.45) is 3.23. The lowest BCUT2D eigenvalue weighted by Crippen LogP contribution is -1.80. The highest BCUT2D eigenvalue weighted by molar-refractivity contribution is 5.91. The minimum atomic E-state index is 0.0179. The van der Waals surface area contributed by atoms with Crippen LogP contribution in [0.25, 0.3) is 6.08 Å². The molecule has 13 heavy (non-hydrogen) atoms. The fourth-order valence-electron chi connectivity index (χ4n) is 0.882. The van der Waals surface area contributed by atoms with Gasteiger partial charge in [0, 0.05) is 0 Å². The summed E-state index contributed by atoms with van der Waals surface area (Å²) in [6, 6.07) is 9.08. The number of ketones is 1. The number of rotatable bonds is 2. The molecule has 0 unspecified atom stereocenters. The van der Waals surface area contributed by atoms with E-state index in [-0.39, 0.29) is 5.78 Å². The van der Waals surface area contributed by atoms with E-state index in [1.54, 1.807) is 30.3 Å². The molecule has 0 heterocycles. The summed E-state index contributed by atoms with van der Waals surface area (Å²) in [5.74, 6) is 0.0179. The van der Waals surface area contributed by atoms with E-state index in [4.69, 9.17) is 5.26 Å². The van der Waals surface area contributed by atoms with Gasteiger partial charge in [0.2, 0.25) is 0 Å². The van der Waals surface area contributed by atoms with E-state index < -0.39 is 0 Å². The first-order valence-electron chi connectivity index (χ1n) is 3.91. The molecule has 0 saturated heterocycles. The van der Waals surface area contributed by atoms with Gasteiger partial charge in [-0.1, -0.05) is 18.2 Å². The Bertz CT molecular complexity index is 368. The van der Waals surface area contributed by atoms with Crippen LogP contribution in [0, 0.1) is 11.3 Å². The topological polar surface area (TPSA) is 40.9 Å². The maximum atomic E-state index is 10.6. The highest BCUT2D eigenvalue weighted by Gasteiger charge is 1.89. The highest BCUT2D eigenvalue weighted by Crippen LogP contribution is 2.04. The third-order valence-electron chi connectivity index (χ3n) is 1.55. The van der Waals surface area contributed by atoms with E-state index in [1.807, 2.05) is 6.07 Å². The zero-order valence-corrected chi connectivity index (χ0v) is 7.32. The molecule has 0 spiro atoms. The number of benzene rings is 1. The average Bonchev–Trinajstić information content (AvgIpc) is 2.15. The van der Waals surface area contributed by atoms with Crippen LogP contribution in [-0.4, -0.2) is 5.78 Å². The SMILES string of the molecule is CC(=O)/C=C/c1ccc(C#N)cc1.